The van der Waals surface area contributed by atoms with Crippen LogP contribution in [-0.2, 0) is 10.9 Å². The molecule has 0 amide bonds. The average molecular weight is 366 g/mol. The highest BCUT2D eigenvalue weighted by Crippen LogP contribution is 2.36. The summed E-state index contributed by atoms with van der Waals surface area (Å²) in [6.45, 7) is 5.71. The predicted molar refractivity (Wildman–Crippen MR) is 92.6 cm³/mol. The number of benzene rings is 2. The van der Waals surface area contributed by atoms with Gasteiger partial charge in [-0.2, -0.15) is 13.2 Å². The summed E-state index contributed by atoms with van der Waals surface area (Å²) in [5, 5.41) is 0. The Bertz CT molecular complexity index is 752. The van der Waals surface area contributed by atoms with Crippen molar-refractivity contribution in [3.05, 3.63) is 59.2 Å². The Balaban J connectivity index is 2.19. The van der Waals surface area contributed by atoms with E-state index in [0.717, 1.165) is 31.0 Å². The van der Waals surface area contributed by atoms with Crippen LogP contribution in [-0.4, -0.2) is 12.4 Å². The number of alkyl halides is 3. The molecule has 0 aliphatic heterocycles. The molecule has 6 heteroatoms. The van der Waals surface area contributed by atoms with Crippen LogP contribution in [0.25, 0.3) is 0 Å². The molecule has 0 N–H and O–H groups in total. The summed E-state index contributed by atoms with van der Waals surface area (Å²) in [5.41, 5.74) is -0.420. The van der Waals surface area contributed by atoms with Gasteiger partial charge in [0.2, 0.25) is 0 Å². The van der Waals surface area contributed by atoms with Gasteiger partial charge in [-0.15, -0.1) is 0 Å². The van der Waals surface area contributed by atoms with Crippen LogP contribution < -0.4 is 4.74 Å². The van der Waals surface area contributed by atoms with Crippen molar-refractivity contribution in [1.29, 1.82) is 0 Å². The lowest BCUT2D eigenvalue weighted by Gasteiger charge is -2.15. The molecule has 0 heterocycles. The summed E-state index contributed by atoms with van der Waals surface area (Å²) in [5.74, 6) is -0.222. The van der Waals surface area contributed by atoms with Crippen LogP contribution in [0.4, 0.5) is 13.2 Å². The largest absolute Gasteiger partial charge is 0.457 e. The second-order valence-electron chi connectivity index (χ2n) is 5.95. The fraction of sp³-hybridized carbons (Fsp3) is 0.350. The number of hydrogen-bond acceptors (Lipinski definition) is 3. The maximum Gasteiger partial charge on any atom is 0.417 e. The molecule has 0 bridgehead atoms. The molecular formula is C20H21F3O3. The standard InChI is InChI=1S/C20H21F3O3/c1-4-11-25-14(3)15-5-7-16(8-6-15)26-17-9-10-18(13(2)24)19(12-17)20(21,22)23/h5-10,12,14H,4,11H2,1-3H3. The van der Waals surface area contributed by atoms with Gasteiger partial charge in [-0.3, -0.25) is 4.79 Å². The van der Waals surface area contributed by atoms with Gasteiger partial charge in [0.15, 0.2) is 5.78 Å². The Morgan fingerprint density at radius 1 is 1.08 bits per heavy atom. The molecular weight excluding hydrogens is 345 g/mol. The number of ketones is 1. The van der Waals surface area contributed by atoms with E-state index in [4.69, 9.17) is 9.47 Å². The molecule has 0 radical (unpaired) electrons. The van der Waals surface area contributed by atoms with E-state index in [1.807, 2.05) is 26.0 Å². The first-order chi connectivity index (χ1) is 12.2. The summed E-state index contributed by atoms with van der Waals surface area (Å²) in [6.07, 6.45) is -3.78. The summed E-state index contributed by atoms with van der Waals surface area (Å²) in [7, 11) is 0. The van der Waals surface area contributed by atoms with Gasteiger partial charge in [0.05, 0.1) is 11.7 Å². The molecule has 0 aliphatic rings. The maximum absolute atomic E-state index is 13.1. The van der Waals surface area contributed by atoms with Crippen molar-refractivity contribution in [3.8, 4) is 11.5 Å². The smallest absolute Gasteiger partial charge is 0.417 e. The summed E-state index contributed by atoms with van der Waals surface area (Å²) in [6, 6.07) is 10.3. The Morgan fingerprint density at radius 2 is 1.69 bits per heavy atom. The number of rotatable bonds is 7. The van der Waals surface area contributed by atoms with Gasteiger partial charge in [-0.25, -0.2) is 0 Å². The molecule has 0 spiro atoms. The molecule has 140 valence electrons. The fourth-order valence-corrected chi connectivity index (χ4v) is 2.46. The Hall–Kier alpha value is -2.34. The zero-order chi connectivity index (χ0) is 19.3. The topological polar surface area (TPSA) is 35.5 Å². The van der Waals surface area contributed by atoms with Gasteiger partial charge in [0.1, 0.15) is 11.5 Å². The van der Waals surface area contributed by atoms with E-state index in [1.165, 1.54) is 6.07 Å². The van der Waals surface area contributed by atoms with Crippen LogP contribution >= 0.6 is 0 Å². The van der Waals surface area contributed by atoms with Crippen LogP contribution in [0.1, 0.15) is 54.8 Å². The van der Waals surface area contributed by atoms with Crippen LogP contribution in [0.15, 0.2) is 42.5 Å². The lowest BCUT2D eigenvalue weighted by atomic mass is 10.0. The minimum Gasteiger partial charge on any atom is -0.457 e. The molecule has 2 aromatic carbocycles. The van der Waals surface area contributed by atoms with Gasteiger partial charge >= 0.3 is 6.18 Å². The Labute approximate surface area is 150 Å². The normalized spacial score (nSPS) is 12.7. The molecule has 0 aliphatic carbocycles. The van der Waals surface area contributed by atoms with Crippen molar-refractivity contribution >= 4 is 5.78 Å². The van der Waals surface area contributed by atoms with E-state index in [9.17, 15) is 18.0 Å². The van der Waals surface area contributed by atoms with Crippen molar-refractivity contribution in [3.63, 3.8) is 0 Å². The van der Waals surface area contributed by atoms with E-state index in [-0.39, 0.29) is 17.4 Å². The van der Waals surface area contributed by atoms with E-state index >= 15 is 0 Å². The zero-order valence-electron chi connectivity index (χ0n) is 14.9. The molecule has 3 nitrogen and oxygen atoms in total. The minimum absolute atomic E-state index is 0.0188. The Kier molecular flexibility index (Phi) is 6.42. The van der Waals surface area contributed by atoms with E-state index in [1.54, 1.807) is 12.1 Å². The second-order valence-corrected chi connectivity index (χ2v) is 5.95. The minimum atomic E-state index is -4.63. The maximum atomic E-state index is 13.1. The number of carbonyl (C=O) groups is 1. The van der Waals surface area contributed by atoms with E-state index in [2.05, 4.69) is 0 Å². The van der Waals surface area contributed by atoms with Crippen molar-refractivity contribution in [2.24, 2.45) is 0 Å². The monoisotopic (exact) mass is 366 g/mol. The first-order valence-corrected chi connectivity index (χ1v) is 8.34. The third-order valence-electron chi connectivity index (χ3n) is 3.83. The van der Waals surface area contributed by atoms with Gasteiger partial charge < -0.3 is 9.47 Å². The second kappa shape index (κ2) is 8.36. The van der Waals surface area contributed by atoms with Crippen molar-refractivity contribution in [2.75, 3.05) is 6.61 Å². The molecule has 2 aromatic rings. The molecule has 26 heavy (non-hydrogen) atoms. The molecule has 1 atom stereocenters. The summed E-state index contributed by atoms with van der Waals surface area (Å²) < 4.78 is 50.6. The molecule has 0 fully saturated rings. The zero-order valence-corrected chi connectivity index (χ0v) is 14.9. The van der Waals surface area contributed by atoms with Crippen LogP contribution in [0, 0.1) is 0 Å². The molecule has 0 saturated carbocycles. The highest BCUT2D eigenvalue weighted by molar-refractivity contribution is 5.96. The lowest BCUT2D eigenvalue weighted by molar-refractivity contribution is -0.138. The number of carbonyl (C=O) groups excluding carboxylic acids is 1. The first kappa shape index (κ1) is 20.0. The molecule has 1 unspecified atom stereocenters. The fourth-order valence-electron chi connectivity index (χ4n) is 2.46. The van der Waals surface area contributed by atoms with Crippen LogP contribution in [0.2, 0.25) is 0 Å². The first-order valence-electron chi connectivity index (χ1n) is 8.34. The van der Waals surface area contributed by atoms with E-state index < -0.39 is 17.5 Å². The van der Waals surface area contributed by atoms with E-state index in [0.29, 0.717) is 12.4 Å². The van der Waals surface area contributed by atoms with Gasteiger partial charge in [-0.1, -0.05) is 19.1 Å². The summed E-state index contributed by atoms with van der Waals surface area (Å²) >= 11 is 0. The number of halogens is 3. The third-order valence-corrected chi connectivity index (χ3v) is 3.83. The number of Topliss-reactive ketones (excluding diaryl/α,β-unsaturated/α-hetero) is 1. The van der Waals surface area contributed by atoms with Gasteiger partial charge in [0, 0.05) is 12.2 Å². The lowest BCUT2D eigenvalue weighted by Crippen LogP contribution is -2.11. The SMILES string of the molecule is CCCOC(C)c1ccc(Oc2ccc(C(C)=O)c(C(F)(F)F)c2)cc1. The third kappa shape index (κ3) is 5.08. The molecule has 2 rings (SSSR count). The molecule has 0 saturated heterocycles. The highest BCUT2D eigenvalue weighted by atomic mass is 19.4. The van der Waals surface area contributed by atoms with Gasteiger partial charge in [0.25, 0.3) is 0 Å². The van der Waals surface area contributed by atoms with Crippen LogP contribution in [0.3, 0.4) is 0 Å². The summed E-state index contributed by atoms with van der Waals surface area (Å²) in [4.78, 5) is 11.4. The number of hydrogen-bond donors (Lipinski definition) is 0. The molecule has 0 aromatic heterocycles. The van der Waals surface area contributed by atoms with Crippen LogP contribution in [0.5, 0.6) is 11.5 Å². The average Bonchev–Trinajstić information content (AvgIpc) is 2.59. The Morgan fingerprint density at radius 3 is 2.23 bits per heavy atom. The van der Waals surface area contributed by atoms with Gasteiger partial charge in [-0.05, 0) is 56.2 Å². The quantitative estimate of drug-likeness (QED) is 0.548. The number of ether oxygens (including phenoxy) is 2. The highest BCUT2D eigenvalue weighted by Gasteiger charge is 2.35. The van der Waals surface area contributed by atoms with Crippen molar-refractivity contribution in [2.45, 2.75) is 39.5 Å². The predicted octanol–water partition coefficient (Wildman–Crippen LogP) is 6.19. The van der Waals surface area contributed by atoms with Crippen molar-refractivity contribution in [1.82, 2.24) is 0 Å². The van der Waals surface area contributed by atoms with Crippen molar-refractivity contribution < 1.29 is 27.4 Å².